The molecule has 1 aliphatic rings. The zero-order chi connectivity index (χ0) is 12.3. The number of anilines is 2. The molecule has 2 heteroatoms. The highest BCUT2D eigenvalue weighted by atomic mass is 15.2. The minimum atomic E-state index is 0.619. The molecule has 2 nitrogen and oxygen atoms in total. The van der Waals surface area contributed by atoms with E-state index in [1.54, 1.807) is 0 Å². The molecule has 0 bridgehead atoms. The Labute approximate surface area is 105 Å². The highest BCUT2D eigenvalue weighted by molar-refractivity contribution is 5.68. The van der Waals surface area contributed by atoms with Crippen molar-refractivity contribution in [1.82, 2.24) is 0 Å². The Morgan fingerprint density at radius 2 is 2.18 bits per heavy atom. The van der Waals surface area contributed by atoms with E-state index < -0.39 is 0 Å². The smallest absolute Gasteiger partial charge is 0.0421 e. The van der Waals surface area contributed by atoms with Crippen molar-refractivity contribution in [2.75, 3.05) is 23.3 Å². The van der Waals surface area contributed by atoms with E-state index in [1.807, 2.05) is 0 Å². The molecular formula is C15H24N2. The van der Waals surface area contributed by atoms with Crippen LogP contribution in [-0.4, -0.2) is 19.1 Å². The van der Waals surface area contributed by atoms with Crippen molar-refractivity contribution in [2.24, 2.45) is 0 Å². The summed E-state index contributed by atoms with van der Waals surface area (Å²) in [4.78, 5) is 2.53. The van der Waals surface area contributed by atoms with Gasteiger partial charge in [-0.1, -0.05) is 13.0 Å². The fourth-order valence-corrected chi connectivity index (χ4v) is 2.70. The summed E-state index contributed by atoms with van der Waals surface area (Å²) in [5.74, 6) is 0. The van der Waals surface area contributed by atoms with Crippen molar-refractivity contribution in [1.29, 1.82) is 0 Å². The van der Waals surface area contributed by atoms with E-state index in [2.05, 4.69) is 49.2 Å². The number of nitrogens with zero attached hydrogens (tertiary/aromatic N) is 1. The number of hydrogen-bond donors (Lipinski definition) is 1. The standard InChI is InChI=1S/C15H24N2/c1-4-12(3)17(5-2)15-10-6-9-14-13(15)8-7-11-16-14/h6,9-10,12,16H,4-5,7-8,11H2,1-3H3. The van der Waals surface area contributed by atoms with E-state index in [0.717, 1.165) is 13.1 Å². The Bertz CT molecular complexity index is 373. The maximum Gasteiger partial charge on any atom is 0.0421 e. The number of fused-ring (bicyclic) bond motifs is 1. The first-order chi connectivity index (χ1) is 8.27. The van der Waals surface area contributed by atoms with Gasteiger partial charge in [0.05, 0.1) is 0 Å². The van der Waals surface area contributed by atoms with Crippen molar-refractivity contribution < 1.29 is 0 Å². The Balaban J connectivity index is 2.36. The summed E-state index contributed by atoms with van der Waals surface area (Å²) < 4.78 is 0. The number of rotatable bonds is 4. The zero-order valence-corrected chi connectivity index (χ0v) is 11.3. The van der Waals surface area contributed by atoms with Gasteiger partial charge in [0.25, 0.3) is 0 Å². The fraction of sp³-hybridized carbons (Fsp3) is 0.600. The lowest BCUT2D eigenvalue weighted by Gasteiger charge is -2.33. The lowest BCUT2D eigenvalue weighted by molar-refractivity contribution is 0.626. The predicted molar refractivity (Wildman–Crippen MR) is 76.0 cm³/mol. The topological polar surface area (TPSA) is 15.3 Å². The van der Waals surface area contributed by atoms with Gasteiger partial charge in [0.15, 0.2) is 0 Å². The van der Waals surface area contributed by atoms with Crippen LogP contribution in [0.25, 0.3) is 0 Å². The lowest BCUT2D eigenvalue weighted by Crippen LogP contribution is -2.33. The highest BCUT2D eigenvalue weighted by Crippen LogP contribution is 2.32. The molecule has 17 heavy (non-hydrogen) atoms. The molecule has 0 amide bonds. The molecular weight excluding hydrogens is 208 g/mol. The van der Waals surface area contributed by atoms with Crippen LogP contribution in [0.2, 0.25) is 0 Å². The van der Waals surface area contributed by atoms with Crippen LogP contribution in [0.4, 0.5) is 11.4 Å². The van der Waals surface area contributed by atoms with Crippen LogP contribution in [0.1, 0.15) is 39.2 Å². The molecule has 2 rings (SSSR count). The Morgan fingerprint density at radius 3 is 2.88 bits per heavy atom. The Kier molecular flexibility index (Phi) is 3.93. The first kappa shape index (κ1) is 12.3. The van der Waals surface area contributed by atoms with Crippen molar-refractivity contribution in [3.63, 3.8) is 0 Å². The van der Waals surface area contributed by atoms with E-state index in [-0.39, 0.29) is 0 Å². The van der Waals surface area contributed by atoms with Gasteiger partial charge in [-0.15, -0.1) is 0 Å². The van der Waals surface area contributed by atoms with Crippen LogP contribution in [0, 0.1) is 0 Å². The van der Waals surface area contributed by atoms with Gasteiger partial charge in [-0.3, -0.25) is 0 Å². The van der Waals surface area contributed by atoms with Crippen molar-refractivity contribution in [3.8, 4) is 0 Å². The predicted octanol–water partition coefficient (Wildman–Crippen LogP) is 3.67. The third-order valence-electron chi connectivity index (χ3n) is 3.84. The molecule has 1 unspecified atom stereocenters. The summed E-state index contributed by atoms with van der Waals surface area (Å²) in [6.07, 6.45) is 3.67. The van der Waals surface area contributed by atoms with Crippen LogP contribution in [0.3, 0.4) is 0 Å². The molecule has 1 aliphatic heterocycles. The Morgan fingerprint density at radius 1 is 1.35 bits per heavy atom. The molecule has 0 radical (unpaired) electrons. The maximum absolute atomic E-state index is 3.51. The van der Waals surface area contributed by atoms with Crippen LogP contribution < -0.4 is 10.2 Å². The summed E-state index contributed by atoms with van der Waals surface area (Å²) in [7, 11) is 0. The lowest BCUT2D eigenvalue weighted by atomic mass is 9.99. The fourth-order valence-electron chi connectivity index (χ4n) is 2.70. The van der Waals surface area contributed by atoms with Gasteiger partial charge in [-0.2, -0.15) is 0 Å². The van der Waals surface area contributed by atoms with Crippen LogP contribution in [-0.2, 0) is 6.42 Å². The third kappa shape index (κ3) is 2.41. The summed E-state index contributed by atoms with van der Waals surface area (Å²) in [6.45, 7) is 9.04. The molecule has 1 N–H and O–H groups in total. The summed E-state index contributed by atoms with van der Waals surface area (Å²) in [5.41, 5.74) is 4.29. The largest absolute Gasteiger partial charge is 0.385 e. The van der Waals surface area contributed by atoms with Gasteiger partial charge >= 0.3 is 0 Å². The number of benzene rings is 1. The van der Waals surface area contributed by atoms with Gasteiger partial charge in [-0.25, -0.2) is 0 Å². The molecule has 0 aromatic heterocycles. The molecule has 1 aromatic rings. The minimum absolute atomic E-state index is 0.619. The van der Waals surface area contributed by atoms with Gasteiger partial charge < -0.3 is 10.2 Å². The van der Waals surface area contributed by atoms with E-state index in [9.17, 15) is 0 Å². The molecule has 94 valence electrons. The summed E-state index contributed by atoms with van der Waals surface area (Å²) in [5, 5.41) is 3.51. The van der Waals surface area contributed by atoms with E-state index >= 15 is 0 Å². The molecule has 1 aromatic carbocycles. The first-order valence-electron chi connectivity index (χ1n) is 6.90. The number of nitrogens with one attached hydrogen (secondary N) is 1. The number of hydrogen-bond acceptors (Lipinski definition) is 2. The van der Waals surface area contributed by atoms with Gasteiger partial charge in [0, 0.05) is 30.5 Å². The summed E-state index contributed by atoms with van der Waals surface area (Å²) >= 11 is 0. The average Bonchev–Trinajstić information content (AvgIpc) is 2.39. The second-order valence-corrected chi connectivity index (χ2v) is 4.88. The summed E-state index contributed by atoms with van der Waals surface area (Å²) in [6, 6.07) is 7.29. The van der Waals surface area contributed by atoms with E-state index in [1.165, 1.54) is 36.2 Å². The molecule has 0 saturated heterocycles. The van der Waals surface area contributed by atoms with Crippen molar-refractivity contribution in [2.45, 2.75) is 46.1 Å². The van der Waals surface area contributed by atoms with Crippen LogP contribution in [0.15, 0.2) is 18.2 Å². The van der Waals surface area contributed by atoms with Crippen LogP contribution >= 0.6 is 0 Å². The van der Waals surface area contributed by atoms with Crippen LogP contribution in [0.5, 0.6) is 0 Å². The highest BCUT2D eigenvalue weighted by Gasteiger charge is 2.18. The molecule has 0 spiro atoms. The molecule has 0 aliphatic carbocycles. The quantitative estimate of drug-likeness (QED) is 0.852. The van der Waals surface area contributed by atoms with Gasteiger partial charge in [0.1, 0.15) is 0 Å². The monoisotopic (exact) mass is 232 g/mol. The molecule has 0 saturated carbocycles. The Hall–Kier alpha value is -1.18. The second kappa shape index (κ2) is 5.44. The third-order valence-corrected chi connectivity index (χ3v) is 3.84. The van der Waals surface area contributed by atoms with Gasteiger partial charge in [-0.05, 0) is 50.8 Å². The average molecular weight is 232 g/mol. The SMILES string of the molecule is CCC(C)N(CC)c1cccc2c1CCCN2. The molecule has 0 fully saturated rings. The first-order valence-corrected chi connectivity index (χ1v) is 6.90. The molecule has 1 heterocycles. The maximum atomic E-state index is 3.51. The normalized spacial score (nSPS) is 15.9. The van der Waals surface area contributed by atoms with E-state index in [4.69, 9.17) is 0 Å². The van der Waals surface area contributed by atoms with E-state index in [0.29, 0.717) is 6.04 Å². The van der Waals surface area contributed by atoms with Crippen molar-refractivity contribution >= 4 is 11.4 Å². The van der Waals surface area contributed by atoms with Crippen molar-refractivity contribution in [3.05, 3.63) is 23.8 Å². The molecule has 1 atom stereocenters. The second-order valence-electron chi connectivity index (χ2n) is 4.88. The zero-order valence-electron chi connectivity index (χ0n) is 11.3. The minimum Gasteiger partial charge on any atom is -0.385 e. The van der Waals surface area contributed by atoms with Gasteiger partial charge in [0.2, 0.25) is 0 Å².